The van der Waals surface area contributed by atoms with Crippen molar-refractivity contribution in [1.29, 1.82) is 0 Å². The molecule has 1 amide bonds. The van der Waals surface area contributed by atoms with Crippen LogP contribution in [0, 0.1) is 13.8 Å². The zero-order valence-corrected chi connectivity index (χ0v) is 17.9. The van der Waals surface area contributed by atoms with Crippen LogP contribution in [0.2, 0.25) is 0 Å². The third kappa shape index (κ3) is 5.80. The summed E-state index contributed by atoms with van der Waals surface area (Å²) in [6.45, 7) is 8.00. The van der Waals surface area contributed by atoms with Crippen LogP contribution in [-0.4, -0.2) is 44.9 Å². The molecule has 2 aromatic carbocycles. The fourth-order valence-electron chi connectivity index (χ4n) is 2.76. The first-order chi connectivity index (χ1) is 13.7. The fourth-order valence-corrected chi connectivity index (χ4v) is 4.15. The van der Waals surface area contributed by atoms with Gasteiger partial charge in [-0.2, -0.15) is 0 Å². The third-order valence-electron chi connectivity index (χ3n) is 4.45. The first kappa shape index (κ1) is 22.4. The Kier molecular flexibility index (Phi) is 7.39. The lowest BCUT2D eigenvalue weighted by atomic mass is 10.2. The van der Waals surface area contributed by atoms with Crippen LogP contribution < -0.4 is 4.72 Å². The Morgan fingerprint density at radius 3 is 2.21 bits per heavy atom. The van der Waals surface area contributed by atoms with E-state index >= 15 is 0 Å². The van der Waals surface area contributed by atoms with E-state index in [1.807, 2.05) is 26.8 Å². The summed E-state index contributed by atoms with van der Waals surface area (Å²) in [6, 6.07) is 11.1. The quantitative estimate of drug-likeness (QED) is 0.665. The van der Waals surface area contributed by atoms with Gasteiger partial charge in [-0.25, -0.2) is 13.2 Å². The highest BCUT2D eigenvalue weighted by Crippen LogP contribution is 2.21. The predicted octanol–water partition coefficient (Wildman–Crippen LogP) is 3.13. The molecule has 0 fully saturated rings. The van der Waals surface area contributed by atoms with Gasteiger partial charge in [-0.15, -0.1) is 0 Å². The van der Waals surface area contributed by atoms with Gasteiger partial charge in [0.25, 0.3) is 15.9 Å². The number of carbonyl (C=O) groups excluding carboxylic acids is 2. The van der Waals surface area contributed by atoms with Gasteiger partial charge in [0.1, 0.15) is 0 Å². The average Bonchev–Trinajstić information content (AvgIpc) is 2.69. The molecular formula is C21H26N2O5S. The van der Waals surface area contributed by atoms with Gasteiger partial charge in [-0.1, -0.05) is 12.1 Å². The first-order valence-electron chi connectivity index (χ1n) is 9.33. The van der Waals surface area contributed by atoms with Crippen LogP contribution >= 0.6 is 0 Å². The van der Waals surface area contributed by atoms with Crippen LogP contribution in [0.4, 0.5) is 5.69 Å². The lowest BCUT2D eigenvalue weighted by Gasteiger charge is -2.18. The molecule has 0 atom stereocenters. The Morgan fingerprint density at radius 2 is 1.62 bits per heavy atom. The van der Waals surface area contributed by atoms with Crippen molar-refractivity contribution in [2.24, 2.45) is 0 Å². The van der Waals surface area contributed by atoms with Crippen LogP contribution in [0.1, 0.15) is 35.3 Å². The molecule has 0 radical (unpaired) electrons. The van der Waals surface area contributed by atoms with Gasteiger partial charge in [-0.05, 0) is 69.2 Å². The van der Waals surface area contributed by atoms with E-state index in [0.717, 1.165) is 5.56 Å². The molecule has 0 aromatic heterocycles. The molecule has 7 nitrogen and oxygen atoms in total. The second-order valence-electron chi connectivity index (χ2n) is 6.59. The molecule has 0 aliphatic heterocycles. The number of anilines is 1. The van der Waals surface area contributed by atoms with E-state index in [1.54, 1.807) is 24.0 Å². The molecule has 1 N–H and O–H groups in total. The standard InChI is InChI=1S/C21H26N2O5S/c1-5-23(6-2)20(24)14-28-21(25)17-9-11-18(12-10-17)22-29(26,27)19-13-15(3)7-8-16(19)4/h7-13,22H,5-6,14H2,1-4H3. The van der Waals surface area contributed by atoms with Crippen molar-refractivity contribution in [3.63, 3.8) is 0 Å². The number of nitrogens with zero attached hydrogens (tertiary/aromatic N) is 1. The lowest BCUT2D eigenvalue weighted by molar-refractivity contribution is -0.134. The van der Waals surface area contributed by atoms with E-state index in [1.165, 1.54) is 24.3 Å². The fraction of sp³-hybridized carbons (Fsp3) is 0.333. The highest BCUT2D eigenvalue weighted by molar-refractivity contribution is 7.92. The van der Waals surface area contributed by atoms with E-state index in [-0.39, 0.29) is 23.0 Å². The molecule has 0 aliphatic rings. The number of hydrogen-bond donors (Lipinski definition) is 1. The molecule has 0 unspecified atom stereocenters. The molecule has 0 aliphatic carbocycles. The molecule has 0 spiro atoms. The van der Waals surface area contributed by atoms with E-state index < -0.39 is 16.0 Å². The minimum absolute atomic E-state index is 0.205. The SMILES string of the molecule is CCN(CC)C(=O)COC(=O)c1ccc(NS(=O)(=O)c2cc(C)ccc2C)cc1. The molecule has 0 heterocycles. The highest BCUT2D eigenvalue weighted by atomic mass is 32.2. The largest absolute Gasteiger partial charge is 0.452 e. The number of aryl methyl sites for hydroxylation is 2. The van der Waals surface area contributed by atoms with E-state index in [2.05, 4.69) is 4.72 Å². The van der Waals surface area contributed by atoms with Gasteiger partial charge < -0.3 is 9.64 Å². The van der Waals surface area contributed by atoms with Crippen molar-refractivity contribution in [3.05, 3.63) is 59.2 Å². The summed E-state index contributed by atoms with van der Waals surface area (Å²) in [5.41, 5.74) is 2.03. The van der Waals surface area contributed by atoms with Crippen molar-refractivity contribution in [3.8, 4) is 0 Å². The van der Waals surface area contributed by atoms with Gasteiger partial charge in [0.2, 0.25) is 0 Å². The number of amides is 1. The summed E-state index contributed by atoms with van der Waals surface area (Å²) in [5, 5.41) is 0. The molecule has 0 saturated carbocycles. The smallest absolute Gasteiger partial charge is 0.338 e. The number of hydrogen-bond acceptors (Lipinski definition) is 5. The van der Waals surface area contributed by atoms with Crippen LogP contribution in [0.3, 0.4) is 0 Å². The van der Waals surface area contributed by atoms with Crippen LogP contribution in [0.5, 0.6) is 0 Å². The van der Waals surface area contributed by atoms with Crippen molar-refractivity contribution in [2.45, 2.75) is 32.6 Å². The van der Waals surface area contributed by atoms with Gasteiger partial charge >= 0.3 is 5.97 Å². The van der Waals surface area contributed by atoms with Gasteiger partial charge in [-0.3, -0.25) is 9.52 Å². The number of sulfonamides is 1. The monoisotopic (exact) mass is 418 g/mol. The zero-order valence-electron chi connectivity index (χ0n) is 17.1. The second-order valence-corrected chi connectivity index (χ2v) is 8.24. The summed E-state index contributed by atoms with van der Waals surface area (Å²) in [6.07, 6.45) is 0. The van der Waals surface area contributed by atoms with Crippen molar-refractivity contribution < 1.29 is 22.7 Å². The van der Waals surface area contributed by atoms with Crippen molar-refractivity contribution >= 4 is 27.6 Å². The Labute approximate surface area is 171 Å². The van der Waals surface area contributed by atoms with E-state index in [0.29, 0.717) is 24.3 Å². The molecule has 0 bridgehead atoms. The van der Waals surface area contributed by atoms with Crippen LogP contribution in [0.15, 0.2) is 47.4 Å². The minimum atomic E-state index is -3.75. The van der Waals surface area contributed by atoms with E-state index in [4.69, 9.17) is 4.74 Å². The molecular weight excluding hydrogens is 392 g/mol. The number of benzene rings is 2. The molecule has 2 rings (SSSR count). The van der Waals surface area contributed by atoms with Gasteiger partial charge in [0.05, 0.1) is 10.5 Å². The summed E-state index contributed by atoms with van der Waals surface area (Å²) < 4.78 is 32.8. The number of esters is 1. The van der Waals surface area contributed by atoms with E-state index in [9.17, 15) is 18.0 Å². The maximum absolute atomic E-state index is 12.6. The Bertz CT molecular complexity index is 981. The number of likely N-dealkylation sites (N-methyl/N-ethyl adjacent to an activating group) is 1. The maximum Gasteiger partial charge on any atom is 0.338 e. The number of rotatable bonds is 8. The topological polar surface area (TPSA) is 92.8 Å². The number of carbonyl (C=O) groups is 2. The Morgan fingerprint density at radius 1 is 1.00 bits per heavy atom. The molecule has 2 aromatic rings. The molecule has 156 valence electrons. The number of ether oxygens (including phenoxy) is 1. The van der Waals surface area contributed by atoms with Gasteiger partial charge in [0.15, 0.2) is 6.61 Å². The van der Waals surface area contributed by atoms with Gasteiger partial charge in [0, 0.05) is 18.8 Å². The summed E-state index contributed by atoms with van der Waals surface area (Å²) in [5.74, 6) is -0.907. The molecule has 8 heteroatoms. The zero-order chi connectivity index (χ0) is 21.6. The highest BCUT2D eigenvalue weighted by Gasteiger charge is 2.18. The second kappa shape index (κ2) is 9.56. The Balaban J connectivity index is 2.05. The Hall–Kier alpha value is -2.87. The van der Waals surface area contributed by atoms with Crippen molar-refractivity contribution in [2.75, 3.05) is 24.4 Å². The summed E-state index contributed by atoms with van der Waals surface area (Å²) >= 11 is 0. The first-order valence-corrected chi connectivity index (χ1v) is 10.8. The lowest BCUT2D eigenvalue weighted by Crippen LogP contribution is -2.34. The van der Waals surface area contributed by atoms with Crippen LogP contribution in [-0.2, 0) is 19.6 Å². The maximum atomic E-state index is 12.6. The van der Waals surface area contributed by atoms with Crippen molar-refractivity contribution in [1.82, 2.24) is 4.90 Å². The number of nitrogens with one attached hydrogen (secondary N) is 1. The normalized spacial score (nSPS) is 11.0. The average molecular weight is 419 g/mol. The van der Waals surface area contributed by atoms with Crippen LogP contribution in [0.25, 0.3) is 0 Å². The molecule has 0 saturated heterocycles. The predicted molar refractivity (Wildman–Crippen MR) is 111 cm³/mol. The summed E-state index contributed by atoms with van der Waals surface area (Å²) in [4.78, 5) is 25.8. The molecule has 29 heavy (non-hydrogen) atoms. The third-order valence-corrected chi connectivity index (χ3v) is 5.97. The summed E-state index contributed by atoms with van der Waals surface area (Å²) in [7, 11) is -3.75. The minimum Gasteiger partial charge on any atom is -0.452 e.